The standard InChI is InChI=1S/C30H29F3N4O5S/c1-19-16-21(20-12-14-36(15-13-20)43(2,40)41)10-11-22(19)18-42-26-8-4-3-6-23(26)25-7-5-9-27(35-25)37-28(30(31,32)33)24(17-34-37)29(38)39/h3-11,16-17,20H,12-15,18H2,1-2H3,(H,38,39). The molecule has 226 valence electrons. The minimum absolute atomic E-state index is 0.194. The molecular formula is C30H29F3N4O5S. The fraction of sp³-hybridized carbons (Fsp3) is 0.300. The van der Waals surface area contributed by atoms with E-state index in [9.17, 15) is 31.5 Å². The Bertz CT molecular complexity index is 1760. The lowest BCUT2D eigenvalue weighted by Crippen LogP contribution is -2.37. The summed E-state index contributed by atoms with van der Waals surface area (Å²) < 4.78 is 73.1. The normalized spacial score (nSPS) is 15.0. The first-order chi connectivity index (χ1) is 20.3. The van der Waals surface area contributed by atoms with Crippen LogP contribution >= 0.6 is 0 Å². The summed E-state index contributed by atoms with van der Waals surface area (Å²) in [6.45, 7) is 3.21. The summed E-state index contributed by atoms with van der Waals surface area (Å²) in [5.41, 5.74) is 1.59. The molecule has 0 radical (unpaired) electrons. The molecule has 2 aromatic carbocycles. The van der Waals surface area contributed by atoms with Gasteiger partial charge in [0.1, 0.15) is 17.9 Å². The average Bonchev–Trinajstić information content (AvgIpc) is 3.43. The number of pyridine rings is 1. The topological polar surface area (TPSA) is 115 Å². The molecule has 2 aromatic heterocycles. The molecule has 3 heterocycles. The van der Waals surface area contributed by atoms with Crippen molar-refractivity contribution >= 4 is 16.0 Å². The van der Waals surface area contributed by atoms with Gasteiger partial charge >= 0.3 is 12.1 Å². The Morgan fingerprint density at radius 2 is 1.79 bits per heavy atom. The van der Waals surface area contributed by atoms with E-state index in [1.807, 2.05) is 19.1 Å². The van der Waals surface area contributed by atoms with E-state index in [0.717, 1.165) is 29.5 Å². The number of para-hydroxylation sites is 1. The number of carboxylic acids is 1. The van der Waals surface area contributed by atoms with Crippen LogP contribution in [0, 0.1) is 6.92 Å². The maximum Gasteiger partial charge on any atom is 0.434 e. The minimum atomic E-state index is -4.97. The van der Waals surface area contributed by atoms with Crippen molar-refractivity contribution in [3.8, 4) is 22.8 Å². The molecule has 4 aromatic rings. The van der Waals surface area contributed by atoms with Gasteiger partial charge in [0, 0.05) is 18.7 Å². The van der Waals surface area contributed by atoms with Crippen LogP contribution in [0.1, 0.15) is 51.5 Å². The van der Waals surface area contributed by atoms with Crippen LogP contribution in [0.4, 0.5) is 13.2 Å². The molecule has 0 spiro atoms. The summed E-state index contributed by atoms with van der Waals surface area (Å²) in [6, 6.07) is 17.6. The number of carbonyl (C=O) groups is 1. The Labute approximate surface area is 246 Å². The van der Waals surface area contributed by atoms with Gasteiger partial charge in [-0.15, -0.1) is 0 Å². The van der Waals surface area contributed by atoms with E-state index in [4.69, 9.17) is 4.74 Å². The third-order valence-corrected chi connectivity index (χ3v) is 8.83. The maximum atomic E-state index is 13.8. The van der Waals surface area contributed by atoms with Gasteiger partial charge in [0.05, 0.1) is 18.1 Å². The minimum Gasteiger partial charge on any atom is -0.488 e. The molecule has 0 atom stereocenters. The second-order valence-electron chi connectivity index (χ2n) is 10.4. The van der Waals surface area contributed by atoms with Crippen molar-refractivity contribution in [3.63, 3.8) is 0 Å². The van der Waals surface area contributed by atoms with Crippen LogP contribution in [0.2, 0.25) is 0 Å². The largest absolute Gasteiger partial charge is 0.488 e. The number of rotatable bonds is 8. The Morgan fingerprint density at radius 1 is 1.07 bits per heavy atom. The zero-order valence-electron chi connectivity index (χ0n) is 23.4. The lowest BCUT2D eigenvalue weighted by atomic mass is 9.88. The van der Waals surface area contributed by atoms with Crippen LogP contribution in [-0.2, 0) is 22.8 Å². The SMILES string of the molecule is Cc1cc(C2CCN(S(C)(=O)=O)CC2)ccc1COc1ccccc1-c1cccc(-n2ncc(C(=O)O)c2C(F)(F)F)n1. The first-order valence-corrected chi connectivity index (χ1v) is 15.3. The molecule has 1 aliphatic heterocycles. The third kappa shape index (κ3) is 6.57. The number of piperidine rings is 1. The second kappa shape index (κ2) is 11.8. The number of nitrogens with zero attached hydrogens (tertiary/aromatic N) is 4. The van der Waals surface area contributed by atoms with Crippen LogP contribution in [0.25, 0.3) is 17.1 Å². The summed E-state index contributed by atoms with van der Waals surface area (Å²) in [7, 11) is -3.19. The summed E-state index contributed by atoms with van der Waals surface area (Å²) >= 11 is 0. The molecule has 43 heavy (non-hydrogen) atoms. The summed E-state index contributed by atoms with van der Waals surface area (Å²) in [6.07, 6.45) is -1.57. The average molecular weight is 615 g/mol. The van der Waals surface area contributed by atoms with Crippen LogP contribution in [0.3, 0.4) is 0 Å². The van der Waals surface area contributed by atoms with Gasteiger partial charge in [0.15, 0.2) is 11.5 Å². The molecule has 13 heteroatoms. The van der Waals surface area contributed by atoms with Crippen molar-refractivity contribution in [2.45, 2.75) is 38.5 Å². The van der Waals surface area contributed by atoms with E-state index >= 15 is 0 Å². The van der Waals surface area contributed by atoms with Crippen LogP contribution < -0.4 is 4.74 Å². The highest BCUT2D eigenvalue weighted by Gasteiger charge is 2.41. The number of ether oxygens (including phenoxy) is 1. The lowest BCUT2D eigenvalue weighted by Gasteiger charge is -2.30. The van der Waals surface area contributed by atoms with Crippen LogP contribution in [0.5, 0.6) is 5.75 Å². The van der Waals surface area contributed by atoms with Gasteiger partial charge in [0.2, 0.25) is 10.0 Å². The zero-order valence-corrected chi connectivity index (χ0v) is 24.2. The van der Waals surface area contributed by atoms with E-state index in [2.05, 4.69) is 16.1 Å². The van der Waals surface area contributed by atoms with Gasteiger partial charge in [-0.3, -0.25) is 0 Å². The van der Waals surface area contributed by atoms with Crippen molar-refractivity contribution in [1.82, 2.24) is 19.1 Å². The van der Waals surface area contributed by atoms with Gasteiger partial charge < -0.3 is 9.84 Å². The molecule has 1 fully saturated rings. The zero-order chi connectivity index (χ0) is 30.9. The molecule has 0 bridgehead atoms. The predicted octanol–water partition coefficient (Wildman–Crippen LogP) is 5.68. The van der Waals surface area contributed by atoms with E-state index in [1.165, 1.54) is 22.7 Å². The summed E-state index contributed by atoms with van der Waals surface area (Å²) in [5.74, 6) is -1.20. The van der Waals surface area contributed by atoms with Crippen LogP contribution in [-0.4, -0.2) is 57.9 Å². The number of aryl methyl sites for hydroxylation is 1. The van der Waals surface area contributed by atoms with Crippen molar-refractivity contribution in [3.05, 3.63) is 94.8 Å². The molecule has 0 amide bonds. The molecule has 0 unspecified atom stereocenters. The number of benzene rings is 2. The molecule has 1 N–H and O–H groups in total. The van der Waals surface area contributed by atoms with Gasteiger partial charge in [-0.25, -0.2) is 27.2 Å². The highest BCUT2D eigenvalue weighted by Crippen LogP contribution is 2.35. The highest BCUT2D eigenvalue weighted by atomic mass is 32.2. The smallest absolute Gasteiger partial charge is 0.434 e. The van der Waals surface area contributed by atoms with E-state index in [1.54, 1.807) is 30.3 Å². The number of hydrogen-bond acceptors (Lipinski definition) is 6. The number of sulfonamides is 1. The van der Waals surface area contributed by atoms with E-state index in [0.29, 0.717) is 41.0 Å². The Kier molecular flexibility index (Phi) is 8.30. The Balaban J connectivity index is 1.35. The number of aromatic nitrogens is 3. The molecule has 9 nitrogen and oxygen atoms in total. The molecular weight excluding hydrogens is 585 g/mol. The molecule has 5 rings (SSSR count). The first-order valence-electron chi connectivity index (χ1n) is 13.5. The van der Waals surface area contributed by atoms with Crippen LogP contribution in [0.15, 0.2) is 66.9 Å². The Hall–Kier alpha value is -4.23. The Morgan fingerprint density at radius 3 is 2.44 bits per heavy atom. The molecule has 1 saturated heterocycles. The number of carboxylic acid groups (broad SMARTS) is 1. The molecule has 0 saturated carbocycles. The van der Waals surface area contributed by atoms with Crippen molar-refractivity contribution in [2.75, 3.05) is 19.3 Å². The van der Waals surface area contributed by atoms with Gasteiger partial charge in [-0.1, -0.05) is 36.4 Å². The number of aromatic carboxylic acids is 1. The number of hydrogen-bond donors (Lipinski definition) is 1. The third-order valence-electron chi connectivity index (χ3n) is 7.53. The van der Waals surface area contributed by atoms with E-state index < -0.39 is 33.4 Å². The van der Waals surface area contributed by atoms with Gasteiger partial charge in [-0.05, 0) is 66.6 Å². The number of alkyl halides is 3. The number of halogens is 3. The first kappa shape index (κ1) is 30.2. The summed E-state index contributed by atoms with van der Waals surface area (Å²) in [5, 5.41) is 12.9. The fourth-order valence-electron chi connectivity index (χ4n) is 5.26. The molecule has 1 aliphatic rings. The molecule has 0 aliphatic carbocycles. The van der Waals surface area contributed by atoms with Crippen molar-refractivity contribution in [1.29, 1.82) is 0 Å². The maximum absolute atomic E-state index is 13.8. The van der Waals surface area contributed by atoms with Gasteiger partial charge in [-0.2, -0.15) is 18.3 Å². The quantitative estimate of drug-likeness (QED) is 0.272. The van der Waals surface area contributed by atoms with Crippen molar-refractivity contribution < 1.29 is 36.2 Å². The highest BCUT2D eigenvalue weighted by molar-refractivity contribution is 7.88. The van der Waals surface area contributed by atoms with Gasteiger partial charge in [0.25, 0.3) is 0 Å². The van der Waals surface area contributed by atoms with Crippen molar-refractivity contribution in [2.24, 2.45) is 0 Å². The lowest BCUT2D eigenvalue weighted by molar-refractivity contribution is -0.143. The fourth-order valence-corrected chi connectivity index (χ4v) is 6.13. The van der Waals surface area contributed by atoms with E-state index in [-0.39, 0.29) is 18.3 Å². The monoisotopic (exact) mass is 614 g/mol. The summed E-state index contributed by atoms with van der Waals surface area (Å²) in [4.78, 5) is 15.8. The second-order valence-corrected chi connectivity index (χ2v) is 12.4. The predicted molar refractivity (Wildman–Crippen MR) is 153 cm³/mol.